The Bertz CT molecular complexity index is 644. The van der Waals surface area contributed by atoms with Crippen LogP contribution in [0.4, 0.5) is 0 Å². The van der Waals surface area contributed by atoms with Gasteiger partial charge in [-0.05, 0) is 31.5 Å². The zero-order valence-electron chi connectivity index (χ0n) is 11.3. The highest BCUT2D eigenvalue weighted by molar-refractivity contribution is 5.93. The first kappa shape index (κ1) is 12.9. The maximum absolute atomic E-state index is 11.3. The number of hydrogen-bond donors (Lipinski definition) is 2. The lowest BCUT2D eigenvalue weighted by Gasteiger charge is -2.11. The van der Waals surface area contributed by atoms with E-state index in [9.17, 15) is 9.90 Å². The molecule has 6 heteroatoms. The fourth-order valence-electron chi connectivity index (χ4n) is 2.78. The molecule has 0 spiro atoms. The molecule has 2 N–H and O–H groups in total. The van der Waals surface area contributed by atoms with Gasteiger partial charge in [-0.3, -0.25) is 4.40 Å². The summed E-state index contributed by atoms with van der Waals surface area (Å²) < 4.78 is 7.13. The first-order valence-electron chi connectivity index (χ1n) is 6.71. The van der Waals surface area contributed by atoms with Gasteiger partial charge in [-0.2, -0.15) is 0 Å². The van der Waals surface area contributed by atoms with Gasteiger partial charge in [0.25, 0.3) is 0 Å². The average Bonchev–Trinajstić information content (AvgIpc) is 3.07. The van der Waals surface area contributed by atoms with Gasteiger partial charge in [-0.1, -0.05) is 6.07 Å². The predicted octanol–water partition coefficient (Wildman–Crippen LogP) is 1.34. The fraction of sp³-hybridized carbons (Fsp3) is 0.429. The maximum Gasteiger partial charge on any atom is 0.356 e. The Labute approximate surface area is 116 Å². The minimum atomic E-state index is -1.01. The first-order valence-corrected chi connectivity index (χ1v) is 6.71. The molecule has 1 aliphatic heterocycles. The van der Waals surface area contributed by atoms with Crippen molar-refractivity contribution in [1.29, 1.82) is 0 Å². The first-order chi connectivity index (χ1) is 9.70. The number of rotatable bonds is 4. The lowest BCUT2D eigenvalue weighted by Crippen LogP contribution is -2.24. The Kier molecular flexibility index (Phi) is 3.31. The maximum atomic E-state index is 11.3. The minimum Gasteiger partial charge on any atom is -0.482 e. The number of aromatic carboxylic acids is 1. The highest BCUT2D eigenvalue weighted by Crippen LogP contribution is 2.23. The van der Waals surface area contributed by atoms with E-state index in [0.29, 0.717) is 23.9 Å². The van der Waals surface area contributed by atoms with Crippen molar-refractivity contribution in [2.75, 3.05) is 13.7 Å². The molecule has 1 unspecified atom stereocenters. The molecule has 1 saturated heterocycles. The molecule has 3 heterocycles. The van der Waals surface area contributed by atoms with Crippen molar-refractivity contribution in [2.45, 2.75) is 25.3 Å². The van der Waals surface area contributed by atoms with Gasteiger partial charge in [0.05, 0.1) is 12.6 Å². The van der Waals surface area contributed by atoms with Crippen molar-refractivity contribution < 1.29 is 14.6 Å². The van der Waals surface area contributed by atoms with Crippen molar-refractivity contribution in [2.24, 2.45) is 0 Å². The third-order valence-electron chi connectivity index (χ3n) is 3.70. The number of pyridine rings is 1. The SMILES string of the molecule is COc1cccc2c(C(=O)O)nc(CC3CCCN3)n12. The molecule has 0 saturated carbocycles. The summed E-state index contributed by atoms with van der Waals surface area (Å²) in [6.07, 6.45) is 2.94. The molecule has 2 aromatic rings. The molecule has 2 aromatic heterocycles. The van der Waals surface area contributed by atoms with Crippen LogP contribution in [0.1, 0.15) is 29.2 Å². The van der Waals surface area contributed by atoms with E-state index in [1.807, 2.05) is 6.07 Å². The van der Waals surface area contributed by atoms with Crippen molar-refractivity contribution in [3.8, 4) is 5.88 Å². The molecular weight excluding hydrogens is 258 g/mol. The van der Waals surface area contributed by atoms with E-state index in [2.05, 4.69) is 10.3 Å². The van der Waals surface area contributed by atoms with E-state index in [4.69, 9.17) is 4.74 Å². The summed E-state index contributed by atoms with van der Waals surface area (Å²) in [5.74, 6) is 0.325. The topological polar surface area (TPSA) is 75.9 Å². The normalized spacial score (nSPS) is 18.6. The molecule has 0 aliphatic carbocycles. The Morgan fingerprint density at radius 1 is 1.60 bits per heavy atom. The van der Waals surface area contributed by atoms with Gasteiger partial charge in [0, 0.05) is 12.5 Å². The largest absolute Gasteiger partial charge is 0.482 e. The highest BCUT2D eigenvalue weighted by Gasteiger charge is 2.22. The van der Waals surface area contributed by atoms with Crippen LogP contribution in [0.2, 0.25) is 0 Å². The van der Waals surface area contributed by atoms with Crippen LogP contribution in [-0.2, 0) is 6.42 Å². The Balaban J connectivity index is 2.11. The minimum absolute atomic E-state index is 0.0805. The van der Waals surface area contributed by atoms with Crippen LogP contribution in [0.3, 0.4) is 0 Å². The Hall–Kier alpha value is -2.08. The van der Waals surface area contributed by atoms with Gasteiger partial charge in [0.15, 0.2) is 11.6 Å². The van der Waals surface area contributed by atoms with E-state index in [-0.39, 0.29) is 5.69 Å². The molecule has 106 valence electrons. The number of imidazole rings is 1. The van der Waals surface area contributed by atoms with Crippen molar-refractivity contribution in [3.63, 3.8) is 0 Å². The Morgan fingerprint density at radius 3 is 3.10 bits per heavy atom. The van der Waals surface area contributed by atoms with E-state index < -0.39 is 5.97 Å². The van der Waals surface area contributed by atoms with Gasteiger partial charge in [0.2, 0.25) is 0 Å². The molecule has 0 amide bonds. The highest BCUT2D eigenvalue weighted by atomic mass is 16.5. The summed E-state index contributed by atoms with van der Waals surface area (Å²) in [5, 5.41) is 12.7. The number of carboxylic acids is 1. The molecule has 0 bridgehead atoms. The lowest BCUT2D eigenvalue weighted by atomic mass is 10.1. The van der Waals surface area contributed by atoms with Crippen molar-refractivity contribution in [3.05, 3.63) is 29.7 Å². The number of carbonyl (C=O) groups is 1. The van der Waals surface area contributed by atoms with Crippen LogP contribution in [0.25, 0.3) is 5.52 Å². The Morgan fingerprint density at radius 2 is 2.45 bits per heavy atom. The fourth-order valence-corrected chi connectivity index (χ4v) is 2.78. The monoisotopic (exact) mass is 275 g/mol. The van der Waals surface area contributed by atoms with E-state index in [1.54, 1.807) is 23.6 Å². The zero-order chi connectivity index (χ0) is 14.1. The summed E-state index contributed by atoms with van der Waals surface area (Å²) in [7, 11) is 1.58. The van der Waals surface area contributed by atoms with Crippen LogP contribution in [0, 0.1) is 0 Å². The molecule has 0 aromatic carbocycles. The second-order valence-corrected chi connectivity index (χ2v) is 4.97. The third-order valence-corrected chi connectivity index (χ3v) is 3.70. The average molecular weight is 275 g/mol. The lowest BCUT2D eigenvalue weighted by molar-refractivity contribution is 0.0693. The summed E-state index contributed by atoms with van der Waals surface area (Å²) in [4.78, 5) is 15.6. The van der Waals surface area contributed by atoms with E-state index >= 15 is 0 Å². The molecule has 3 rings (SSSR count). The van der Waals surface area contributed by atoms with Crippen molar-refractivity contribution >= 4 is 11.5 Å². The van der Waals surface area contributed by atoms with Gasteiger partial charge in [-0.25, -0.2) is 9.78 Å². The van der Waals surface area contributed by atoms with Crippen LogP contribution in [0.15, 0.2) is 18.2 Å². The molecule has 0 radical (unpaired) electrons. The van der Waals surface area contributed by atoms with Crippen LogP contribution >= 0.6 is 0 Å². The van der Waals surface area contributed by atoms with E-state index in [0.717, 1.165) is 25.2 Å². The molecule has 1 atom stereocenters. The van der Waals surface area contributed by atoms with E-state index in [1.165, 1.54) is 0 Å². The van der Waals surface area contributed by atoms with Gasteiger partial charge < -0.3 is 15.2 Å². The number of ether oxygens (including phenoxy) is 1. The standard InChI is InChI=1S/C14H17N3O3/c1-20-12-6-2-5-10-13(14(18)19)16-11(17(10)12)8-9-4-3-7-15-9/h2,5-6,9,15H,3-4,7-8H2,1H3,(H,18,19). The van der Waals surface area contributed by atoms with Crippen LogP contribution < -0.4 is 10.1 Å². The second-order valence-electron chi connectivity index (χ2n) is 4.97. The zero-order valence-corrected chi connectivity index (χ0v) is 11.3. The van der Waals surface area contributed by atoms with Crippen molar-refractivity contribution in [1.82, 2.24) is 14.7 Å². The number of nitrogens with zero attached hydrogens (tertiary/aromatic N) is 2. The summed E-state index contributed by atoms with van der Waals surface area (Å²) in [6.45, 7) is 1.01. The predicted molar refractivity (Wildman–Crippen MR) is 73.4 cm³/mol. The number of hydrogen-bond acceptors (Lipinski definition) is 4. The van der Waals surface area contributed by atoms with Crippen LogP contribution in [-0.4, -0.2) is 40.2 Å². The third kappa shape index (κ3) is 2.12. The summed E-state index contributed by atoms with van der Waals surface area (Å²) >= 11 is 0. The van der Waals surface area contributed by atoms with Crippen LogP contribution in [0.5, 0.6) is 5.88 Å². The number of nitrogens with one attached hydrogen (secondary N) is 1. The number of fused-ring (bicyclic) bond motifs is 1. The summed E-state index contributed by atoms with van der Waals surface area (Å²) in [5.41, 5.74) is 0.654. The molecule has 1 fully saturated rings. The second kappa shape index (κ2) is 5.13. The summed E-state index contributed by atoms with van der Waals surface area (Å²) in [6, 6.07) is 5.70. The molecular formula is C14H17N3O3. The quantitative estimate of drug-likeness (QED) is 0.880. The molecule has 6 nitrogen and oxygen atoms in total. The number of carboxylic acid groups (broad SMARTS) is 1. The van der Waals surface area contributed by atoms with Gasteiger partial charge in [0.1, 0.15) is 5.82 Å². The molecule has 20 heavy (non-hydrogen) atoms. The molecule has 1 aliphatic rings. The van der Waals surface area contributed by atoms with Gasteiger partial charge >= 0.3 is 5.97 Å². The van der Waals surface area contributed by atoms with Gasteiger partial charge in [-0.15, -0.1) is 0 Å². The smallest absolute Gasteiger partial charge is 0.356 e. The number of aromatic nitrogens is 2. The number of methoxy groups -OCH3 is 1.